The fraction of sp³-hybridized carbons (Fsp3) is 0.294. The Bertz CT molecular complexity index is 793. The number of hydrogen-bond acceptors (Lipinski definition) is 5. The first kappa shape index (κ1) is 19.0. The van der Waals surface area contributed by atoms with Gasteiger partial charge in [0.2, 0.25) is 10.0 Å². The van der Waals surface area contributed by atoms with E-state index in [1.165, 1.54) is 38.5 Å². The van der Waals surface area contributed by atoms with Crippen LogP contribution in [0, 0.1) is 5.82 Å². The van der Waals surface area contributed by atoms with Crippen molar-refractivity contribution in [3.05, 3.63) is 53.8 Å². The Morgan fingerprint density at radius 1 is 1.00 bits per heavy atom. The van der Waals surface area contributed by atoms with Crippen LogP contribution in [-0.4, -0.2) is 35.0 Å². The SMILES string of the molecule is COc1ccc(CNS(=O)(=O)CCOc2ccc(F)cc2)cc1OC. The maximum Gasteiger partial charge on any atom is 0.215 e. The largest absolute Gasteiger partial charge is 0.493 e. The summed E-state index contributed by atoms with van der Waals surface area (Å²) in [6.07, 6.45) is 0. The van der Waals surface area contributed by atoms with Gasteiger partial charge in [0.1, 0.15) is 18.2 Å². The van der Waals surface area contributed by atoms with Gasteiger partial charge in [-0.05, 0) is 42.0 Å². The monoisotopic (exact) mass is 369 g/mol. The number of hydrogen-bond donors (Lipinski definition) is 1. The van der Waals surface area contributed by atoms with Crippen molar-refractivity contribution >= 4 is 10.0 Å². The number of methoxy groups -OCH3 is 2. The third-order valence-electron chi connectivity index (χ3n) is 3.38. The van der Waals surface area contributed by atoms with Crippen LogP contribution in [0.15, 0.2) is 42.5 Å². The lowest BCUT2D eigenvalue weighted by Crippen LogP contribution is -2.28. The van der Waals surface area contributed by atoms with Crippen LogP contribution in [-0.2, 0) is 16.6 Å². The summed E-state index contributed by atoms with van der Waals surface area (Å²) < 4.78 is 54.9. The predicted octanol–water partition coefficient (Wildman–Crippen LogP) is 2.34. The maximum absolute atomic E-state index is 12.8. The first-order valence-electron chi connectivity index (χ1n) is 7.50. The number of rotatable bonds is 9. The molecule has 0 spiro atoms. The molecular formula is C17H20FNO5S. The molecule has 0 atom stereocenters. The Labute approximate surface area is 146 Å². The maximum atomic E-state index is 12.8. The van der Waals surface area contributed by atoms with Crippen molar-refractivity contribution in [2.75, 3.05) is 26.6 Å². The van der Waals surface area contributed by atoms with E-state index in [9.17, 15) is 12.8 Å². The van der Waals surface area contributed by atoms with Crippen LogP contribution in [0.2, 0.25) is 0 Å². The molecule has 0 aliphatic rings. The lowest BCUT2D eigenvalue weighted by molar-refractivity contribution is 0.339. The molecule has 0 unspecified atom stereocenters. The summed E-state index contributed by atoms with van der Waals surface area (Å²) in [7, 11) is -0.473. The summed E-state index contributed by atoms with van der Waals surface area (Å²) in [4.78, 5) is 0. The van der Waals surface area contributed by atoms with Gasteiger partial charge in [-0.3, -0.25) is 0 Å². The predicted molar refractivity (Wildman–Crippen MR) is 92.1 cm³/mol. The van der Waals surface area contributed by atoms with E-state index in [4.69, 9.17) is 14.2 Å². The molecule has 0 heterocycles. The van der Waals surface area contributed by atoms with Gasteiger partial charge in [-0.15, -0.1) is 0 Å². The molecule has 0 radical (unpaired) electrons. The molecule has 2 aromatic rings. The molecule has 0 saturated heterocycles. The highest BCUT2D eigenvalue weighted by molar-refractivity contribution is 7.89. The highest BCUT2D eigenvalue weighted by Crippen LogP contribution is 2.27. The minimum atomic E-state index is -3.51. The second kappa shape index (κ2) is 8.68. The molecule has 6 nitrogen and oxygen atoms in total. The first-order valence-corrected chi connectivity index (χ1v) is 9.15. The first-order chi connectivity index (χ1) is 11.9. The third-order valence-corrected chi connectivity index (χ3v) is 4.67. The van der Waals surface area contributed by atoms with Gasteiger partial charge in [-0.1, -0.05) is 6.07 Å². The Morgan fingerprint density at radius 2 is 1.68 bits per heavy atom. The van der Waals surface area contributed by atoms with Crippen LogP contribution >= 0.6 is 0 Å². The standard InChI is InChI=1S/C17H20FNO5S/c1-22-16-8-3-13(11-17(16)23-2)12-19-25(20,21)10-9-24-15-6-4-14(18)5-7-15/h3-8,11,19H,9-10,12H2,1-2H3. The lowest BCUT2D eigenvalue weighted by atomic mass is 10.2. The van der Waals surface area contributed by atoms with E-state index in [1.54, 1.807) is 18.2 Å². The van der Waals surface area contributed by atoms with E-state index in [1.807, 2.05) is 0 Å². The van der Waals surface area contributed by atoms with E-state index in [0.717, 1.165) is 5.56 Å². The smallest absolute Gasteiger partial charge is 0.215 e. The van der Waals surface area contributed by atoms with Gasteiger partial charge >= 0.3 is 0 Å². The second-order valence-electron chi connectivity index (χ2n) is 5.13. The number of nitrogens with one attached hydrogen (secondary N) is 1. The molecule has 25 heavy (non-hydrogen) atoms. The molecule has 0 amide bonds. The van der Waals surface area contributed by atoms with E-state index in [-0.39, 0.29) is 24.7 Å². The van der Waals surface area contributed by atoms with Crippen LogP contribution in [0.5, 0.6) is 17.2 Å². The van der Waals surface area contributed by atoms with Crippen molar-refractivity contribution in [2.45, 2.75) is 6.54 Å². The average Bonchev–Trinajstić information content (AvgIpc) is 2.61. The van der Waals surface area contributed by atoms with E-state index >= 15 is 0 Å². The van der Waals surface area contributed by atoms with Gasteiger partial charge < -0.3 is 14.2 Å². The second-order valence-corrected chi connectivity index (χ2v) is 7.06. The minimum Gasteiger partial charge on any atom is -0.493 e. The third kappa shape index (κ3) is 5.91. The zero-order valence-corrected chi connectivity index (χ0v) is 14.8. The van der Waals surface area contributed by atoms with Gasteiger partial charge in [0, 0.05) is 6.54 Å². The van der Waals surface area contributed by atoms with Crippen molar-refractivity contribution in [2.24, 2.45) is 0 Å². The molecule has 0 aliphatic carbocycles. The Balaban J connectivity index is 1.85. The van der Waals surface area contributed by atoms with E-state index in [0.29, 0.717) is 17.2 Å². The van der Waals surface area contributed by atoms with Gasteiger partial charge in [0.25, 0.3) is 0 Å². The summed E-state index contributed by atoms with van der Waals surface area (Å²) >= 11 is 0. The number of halogens is 1. The lowest BCUT2D eigenvalue weighted by Gasteiger charge is -2.11. The van der Waals surface area contributed by atoms with E-state index < -0.39 is 10.0 Å². The minimum absolute atomic E-state index is 0.0348. The van der Waals surface area contributed by atoms with Crippen LogP contribution < -0.4 is 18.9 Å². The molecule has 2 rings (SSSR count). The summed E-state index contributed by atoms with van der Waals surface area (Å²) in [6, 6.07) is 10.5. The quantitative estimate of drug-likeness (QED) is 0.734. The fourth-order valence-electron chi connectivity index (χ4n) is 2.06. The van der Waals surface area contributed by atoms with Gasteiger partial charge in [-0.25, -0.2) is 17.5 Å². The molecule has 0 bridgehead atoms. The molecule has 0 fully saturated rings. The van der Waals surface area contributed by atoms with Gasteiger partial charge in [0.05, 0.1) is 20.0 Å². The topological polar surface area (TPSA) is 73.9 Å². The van der Waals surface area contributed by atoms with Crippen molar-refractivity contribution in [3.8, 4) is 17.2 Å². The molecule has 1 N–H and O–H groups in total. The molecule has 0 saturated carbocycles. The molecular weight excluding hydrogens is 349 g/mol. The zero-order chi connectivity index (χ0) is 18.3. The Hall–Kier alpha value is -2.32. The molecule has 0 aliphatic heterocycles. The van der Waals surface area contributed by atoms with Crippen molar-refractivity contribution in [1.82, 2.24) is 4.72 Å². The normalized spacial score (nSPS) is 11.2. The zero-order valence-electron chi connectivity index (χ0n) is 14.0. The summed E-state index contributed by atoms with van der Waals surface area (Å²) in [6.45, 7) is 0.0894. The molecule has 0 aromatic heterocycles. The van der Waals surface area contributed by atoms with Crippen molar-refractivity contribution < 1.29 is 27.0 Å². The van der Waals surface area contributed by atoms with Gasteiger partial charge in [0.15, 0.2) is 11.5 Å². The van der Waals surface area contributed by atoms with Crippen LogP contribution in [0.3, 0.4) is 0 Å². The summed E-state index contributed by atoms with van der Waals surface area (Å²) in [5, 5.41) is 0. The van der Waals surface area contributed by atoms with Crippen LogP contribution in [0.4, 0.5) is 4.39 Å². The summed E-state index contributed by atoms with van der Waals surface area (Å²) in [5.74, 6) is 0.922. The molecule has 8 heteroatoms. The Kier molecular flexibility index (Phi) is 6.60. The summed E-state index contributed by atoms with van der Waals surface area (Å²) in [5.41, 5.74) is 0.737. The highest BCUT2D eigenvalue weighted by Gasteiger charge is 2.12. The van der Waals surface area contributed by atoms with E-state index in [2.05, 4.69) is 4.72 Å². The van der Waals surface area contributed by atoms with Crippen molar-refractivity contribution in [1.29, 1.82) is 0 Å². The van der Waals surface area contributed by atoms with Crippen molar-refractivity contribution in [3.63, 3.8) is 0 Å². The fourth-order valence-corrected chi connectivity index (χ4v) is 2.89. The molecule has 136 valence electrons. The number of ether oxygens (including phenoxy) is 3. The highest BCUT2D eigenvalue weighted by atomic mass is 32.2. The molecule has 2 aromatic carbocycles. The number of sulfonamides is 1. The average molecular weight is 369 g/mol. The van der Waals surface area contributed by atoms with Gasteiger partial charge in [-0.2, -0.15) is 0 Å². The van der Waals surface area contributed by atoms with Crippen LogP contribution in [0.1, 0.15) is 5.56 Å². The number of benzene rings is 2. The Morgan fingerprint density at radius 3 is 2.32 bits per heavy atom. The van der Waals surface area contributed by atoms with Crippen LogP contribution in [0.25, 0.3) is 0 Å².